The van der Waals surface area contributed by atoms with Gasteiger partial charge in [0.25, 0.3) is 0 Å². The van der Waals surface area contributed by atoms with Gasteiger partial charge in [-0.2, -0.15) is 0 Å². The highest BCUT2D eigenvalue weighted by Gasteiger charge is 2.19. The molecule has 2 heteroatoms. The van der Waals surface area contributed by atoms with Crippen molar-refractivity contribution < 1.29 is 0 Å². The molecule has 1 aromatic heterocycles. The number of rotatable bonds is 5. The van der Waals surface area contributed by atoms with Crippen molar-refractivity contribution in [2.24, 2.45) is 0 Å². The van der Waals surface area contributed by atoms with Crippen molar-refractivity contribution >= 4 is 10.9 Å². The molecule has 1 aliphatic carbocycles. The molecule has 1 aromatic carbocycles. The molecule has 17 heavy (non-hydrogen) atoms. The summed E-state index contributed by atoms with van der Waals surface area (Å²) in [7, 11) is 0. The second-order valence-electron chi connectivity index (χ2n) is 4.82. The van der Waals surface area contributed by atoms with Gasteiger partial charge in [0.15, 0.2) is 0 Å². The Labute approximate surface area is 103 Å². The summed E-state index contributed by atoms with van der Waals surface area (Å²) < 4.78 is 2.40. The topological polar surface area (TPSA) is 17.0 Å². The van der Waals surface area contributed by atoms with Crippen molar-refractivity contribution in [3.05, 3.63) is 42.9 Å². The zero-order chi connectivity index (χ0) is 11.7. The van der Waals surface area contributed by atoms with Crippen LogP contribution in [0.2, 0.25) is 0 Å². The van der Waals surface area contributed by atoms with Gasteiger partial charge in [-0.15, -0.1) is 0 Å². The second-order valence-corrected chi connectivity index (χ2v) is 4.82. The van der Waals surface area contributed by atoms with Crippen molar-refractivity contribution in [3.8, 4) is 0 Å². The molecule has 89 valence electrons. The maximum absolute atomic E-state index is 4.03. The molecule has 1 heterocycles. The molecule has 1 fully saturated rings. The third-order valence-corrected chi connectivity index (χ3v) is 3.50. The van der Waals surface area contributed by atoms with Crippen LogP contribution in [0.3, 0.4) is 0 Å². The maximum atomic E-state index is 4.03. The van der Waals surface area contributed by atoms with E-state index < -0.39 is 0 Å². The lowest BCUT2D eigenvalue weighted by Crippen LogP contribution is -2.22. The number of nitrogens with one attached hydrogen (secondary N) is 1. The van der Waals surface area contributed by atoms with E-state index in [4.69, 9.17) is 0 Å². The summed E-state index contributed by atoms with van der Waals surface area (Å²) in [6, 6.07) is 11.6. The van der Waals surface area contributed by atoms with Crippen LogP contribution in [-0.2, 0) is 13.0 Å². The van der Waals surface area contributed by atoms with Gasteiger partial charge in [-0.25, -0.2) is 0 Å². The van der Waals surface area contributed by atoms with E-state index in [9.17, 15) is 0 Å². The Kier molecular flexibility index (Phi) is 2.89. The van der Waals surface area contributed by atoms with Gasteiger partial charge in [0.1, 0.15) is 0 Å². The van der Waals surface area contributed by atoms with Crippen LogP contribution in [-0.4, -0.2) is 17.2 Å². The maximum Gasteiger partial charge on any atom is 0.0482 e. The first-order valence-electron chi connectivity index (χ1n) is 6.48. The highest BCUT2D eigenvalue weighted by molar-refractivity contribution is 5.81. The van der Waals surface area contributed by atoms with E-state index in [1.807, 2.05) is 0 Å². The standard InChI is InChI=1S/C15H19N2/c1-2-14-11-12-5-3-4-6-15(12)17(14)10-9-16-13-7-8-13/h3-6,11,13,16H,1-2,7-10H2. The Morgan fingerprint density at radius 1 is 1.29 bits per heavy atom. The summed E-state index contributed by atoms with van der Waals surface area (Å²) in [5.41, 5.74) is 2.67. The van der Waals surface area contributed by atoms with E-state index in [1.54, 1.807) is 0 Å². The average Bonchev–Trinajstić information content (AvgIpc) is 3.11. The molecule has 1 aliphatic rings. The zero-order valence-corrected chi connectivity index (χ0v) is 10.2. The predicted octanol–water partition coefficient (Wildman–Crippen LogP) is 2.77. The van der Waals surface area contributed by atoms with Gasteiger partial charge < -0.3 is 9.88 Å². The molecule has 0 spiro atoms. The van der Waals surface area contributed by atoms with Crippen molar-refractivity contribution in [3.63, 3.8) is 0 Å². The van der Waals surface area contributed by atoms with Crippen molar-refractivity contribution in [2.45, 2.75) is 31.8 Å². The largest absolute Gasteiger partial charge is 0.343 e. The van der Waals surface area contributed by atoms with Crippen molar-refractivity contribution in [2.75, 3.05) is 6.54 Å². The smallest absolute Gasteiger partial charge is 0.0482 e. The number of benzene rings is 1. The zero-order valence-electron chi connectivity index (χ0n) is 10.2. The molecule has 0 atom stereocenters. The van der Waals surface area contributed by atoms with E-state index in [1.165, 1.54) is 29.4 Å². The monoisotopic (exact) mass is 227 g/mol. The summed E-state index contributed by atoms with van der Waals surface area (Å²) >= 11 is 0. The number of fused-ring (bicyclic) bond motifs is 1. The van der Waals surface area contributed by atoms with E-state index in [-0.39, 0.29) is 0 Å². The first kappa shape index (κ1) is 10.8. The molecule has 2 aromatic rings. The molecule has 2 nitrogen and oxygen atoms in total. The van der Waals surface area contributed by atoms with Gasteiger partial charge in [-0.05, 0) is 43.7 Å². The van der Waals surface area contributed by atoms with Crippen LogP contribution in [0, 0.1) is 6.92 Å². The molecule has 1 saturated carbocycles. The minimum absolute atomic E-state index is 0.792. The van der Waals surface area contributed by atoms with Gasteiger partial charge in [0, 0.05) is 30.3 Å². The summed E-state index contributed by atoms with van der Waals surface area (Å²) in [6.45, 7) is 6.14. The van der Waals surface area contributed by atoms with E-state index in [0.29, 0.717) is 0 Å². The fraction of sp³-hybridized carbons (Fsp3) is 0.400. The van der Waals surface area contributed by atoms with E-state index >= 15 is 0 Å². The lowest BCUT2D eigenvalue weighted by molar-refractivity contribution is 0.596. The van der Waals surface area contributed by atoms with Crippen LogP contribution in [0.4, 0.5) is 0 Å². The SMILES string of the molecule is [CH2]Cc1cc2ccccc2n1CCNC1CC1. The van der Waals surface area contributed by atoms with E-state index in [2.05, 4.69) is 47.1 Å². The van der Waals surface area contributed by atoms with Gasteiger partial charge in [0.2, 0.25) is 0 Å². The Bertz CT molecular complexity index is 509. The minimum atomic E-state index is 0.792. The lowest BCUT2D eigenvalue weighted by atomic mass is 10.2. The summed E-state index contributed by atoms with van der Waals surface area (Å²) in [5.74, 6) is 0. The first-order chi connectivity index (χ1) is 8.38. The Hall–Kier alpha value is -1.28. The Morgan fingerprint density at radius 2 is 2.12 bits per heavy atom. The Balaban J connectivity index is 1.83. The lowest BCUT2D eigenvalue weighted by Gasteiger charge is -2.10. The number of nitrogens with zero attached hydrogens (tertiary/aromatic N) is 1. The summed E-state index contributed by atoms with van der Waals surface area (Å²) in [5, 5.41) is 4.90. The van der Waals surface area contributed by atoms with Gasteiger partial charge >= 0.3 is 0 Å². The Morgan fingerprint density at radius 3 is 2.88 bits per heavy atom. The first-order valence-corrected chi connectivity index (χ1v) is 6.48. The molecule has 0 bridgehead atoms. The molecule has 3 rings (SSSR count). The van der Waals surface area contributed by atoms with Crippen LogP contribution in [0.15, 0.2) is 30.3 Å². The second kappa shape index (κ2) is 4.53. The molecule has 1 N–H and O–H groups in total. The molecule has 0 unspecified atom stereocenters. The summed E-state index contributed by atoms with van der Waals surface area (Å²) in [4.78, 5) is 0. The van der Waals surface area contributed by atoms with Gasteiger partial charge in [-0.3, -0.25) is 0 Å². The van der Waals surface area contributed by atoms with Crippen LogP contribution < -0.4 is 5.32 Å². The fourth-order valence-corrected chi connectivity index (χ4v) is 2.41. The number of aromatic nitrogens is 1. The fourth-order valence-electron chi connectivity index (χ4n) is 2.41. The van der Waals surface area contributed by atoms with Crippen molar-refractivity contribution in [1.29, 1.82) is 0 Å². The van der Waals surface area contributed by atoms with Crippen molar-refractivity contribution in [1.82, 2.24) is 9.88 Å². The minimum Gasteiger partial charge on any atom is -0.343 e. The van der Waals surface area contributed by atoms with Gasteiger partial charge in [-0.1, -0.05) is 18.2 Å². The molecular formula is C15H19N2. The third-order valence-electron chi connectivity index (χ3n) is 3.50. The molecule has 0 saturated heterocycles. The number of para-hydroxylation sites is 1. The molecule has 1 radical (unpaired) electrons. The predicted molar refractivity (Wildman–Crippen MR) is 72.0 cm³/mol. The van der Waals surface area contributed by atoms with E-state index in [0.717, 1.165) is 25.6 Å². The third kappa shape index (κ3) is 2.22. The number of hydrogen-bond donors (Lipinski definition) is 1. The van der Waals surface area contributed by atoms with Gasteiger partial charge in [0.05, 0.1) is 0 Å². The quantitative estimate of drug-likeness (QED) is 0.831. The van der Waals surface area contributed by atoms with Crippen LogP contribution in [0.5, 0.6) is 0 Å². The molecule has 0 amide bonds. The summed E-state index contributed by atoms with van der Waals surface area (Å²) in [6.07, 6.45) is 3.57. The number of hydrogen-bond acceptors (Lipinski definition) is 1. The highest BCUT2D eigenvalue weighted by Crippen LogP contribution is 2.21. The van der Waals surface area contributed by atoms with Crippen LogP contribution in [0.25, 0.3) is 10.9 Å². The average molecular weight is 227 g/mol. The normalized spacial score (nSPS) is 15.6. The molecular weight excluding hydrogens is 208 g/mol. The molecule has 0 aliphatic heterocycles. The highest BCUT2D eigenvalue weighted by atomic mass is 15.0. The van der Waals surface area contributed by atoms with Crippen LogP contribution in [0.1, 0.15) is 18.5 Å². The van der Waals surface area contributed by atoms with Crippen LogP contribution >= 0.6 is 0 Å².